The van der Waals surface area contributed by atoms with Gasteiger partial charge >= 0.3 is 0 Å². The van der Waals surface area contributed by atoms with Crippen molar-refractivity contribution in [3.63, 3.8) is 0 Å². The lowest BCUT2D eigenvalue weighted by atomic mass is 10.4. The van der Waals surface area contributed by atoms with Gasteiger partial charge in [-0.05, 0) is 26.3 Å². The first-order valence-electron chi connectivity index (χ1n) is 7.41. The summed E-state index contributed by atoms with van der Waals surface area (Å²) in [5, 5.41) is 5.59. The van der Waals surface area contributed by atoms with E-state index in [1.54, 1.807) is 19.0 Å². The van der Waals surface area contributed by atoms with Gasteiger partial charge in [-0.1, -0.05) is 6.92 Å². The Kier molecular flexibility index (Phi) is 7.14. The zero-order valence-electron chi connectivity index (χ0n) is 13.1. The maximum Gasteiger partial charge on any atom is 0.239 e. The lowest BCUT2D eigenvalue weighted by molar-refractivity contribution is -0.135. The quantitative estimate of drug-likeness (QED) is 0.583. The Morgan fingerprint density at radius 2 is 1.71 bits per heavy atom. The molecular weight excluding hydrogens is 272 g/mol. The van der Waals surface area contributed by atoms with Gasteiger partial charge < -0.3 is 15.5 Å². The fourth-order valence-electron chi connectivity index (χ4n) is 1.78. The van der Waals surface area contributed by atoms with Crippen molar-refractivity contribution in [3.05, 3.63) is 0 Å². The maximum atomic E-state index is 12.0. The highest BCUT2D eigenvalue weighted by Gasteiger charge is 2.24. The first-order chi connectivity index (χ1) is 9.92. The molecule has 7 nitrogen and oxygen atoms in total. The predicted molar refractivity (Wildman–Crippen MR) is 79.6 cm³/mol. The highest BCUT2D eigenvalue weighted by Crippen LogP contribution is 2.18. The van der Waals surface area contributed by atoms with Gasteiger partial charge in [-0.2, -0.15) is 0 Å². The monoisotopic (exact) mass is 298 g/mol. The summed E-state index contributed by atoms with van der Waals surface area (Å²) < 4.78 is 0. The van der Waals surface area contributed by atoms with Gasteiger partial charge in [-0.3, -0.25) is 19.3 Å². The minimum Gasteiger partial charge on any atom is -0.355 e. The van der Waals surface area contributed by atoms with Crippen LogP contribution >= 0.6 is 0 Å². The molecule has 0 atom stereocenters. The molecule has 1 aliphatic rings. The summed E-state index contributed by atoms with van der Waals surface area (Å²) in [6, 6.07) is 0.325. The van der Waals surface area contributed by atoms with E-state index in [9.17, 15) is 14.4 Å². The first kappa shape index (κ1) is 17.4. The van der Waals surface area contributed by atoms with Crippen molar-refractivity contribution >= 4 is 17.7 Å². The van der Waals surface area contributed by atoms with Crippen LogP contribution in [0.1, 0.15) is 26.2 Å². The van der Waals surface area contributed by atoms with Crippen molar-refractivity contribution in [1.29, 1.82) is 0 Å². The second kappa shape index (κ2) is 8.61. The molecule has 0 aromatic rings. The van der Waals surface area contributed by atoms with E-state index < -0.39 is 0 Å². The van der Waals surface area contributed by atoms with Crippen LogP contribution in [0.2, 0.25) is 0 Å². The zero-order chi connectivity index (χ0) is 15.8. The summed E-state index contributed by atoms with van der Waals surface area (Å²) in [5.74, 6) is -0.402. The van der Waals surface area contributed by atoms with Gasteiger partial charge in [0.1, 0.15) is 0 Å². The Bertz CT molecular complexity index is 382. The van der Waals surface area contributed by atoms with E-state index in [1.807, 2.05) is 6.92 Å². The van der Waals surface area contributed by atoms with Crippen LogP contribution < -0.4 is 10.6 Å². The molecule has 3 amide bonds. The maximum absolute atomic E-state index is 12.0. The highest BCUT2D eigenvalue weighted by atomic mass is 16.2. The molecule has 7 heteroatoms. The number of amides is 3. The number of rotatable bonds is 9. The van der Waals surface area contributed by atoms with Crippen LogP contribution in [0.15, 0.2) is 0 Å². The summed E-state index contributed by atoms with van der Waals surface area (Å²) in [5.41, 5.74) is 0. The molecule has 0 saturated heterocycles. The molecule has 0 spiro atoms. The van der Waals surface area contributed by atoms with Crippen molar-refractivity contribution < 1.29 is 14.4 Å². The van der Waals surface area contributed by atoms with Crippen LogP contribution in [0.4, 0.5) is 0 Å². The second-order valence-electron chi connectivity index (χ2n) is 5.61. The molecule has 1 rings (SSSR count). The molecule has 21 heavy (non-hydrogen) atoms. The molecule has 0 aliphatic heterocycles. The van der Waals surface area contributed by atoms with E-state index in [2.05, 4.69) is 10.6 Å². The molecule has 1 aliphatic carbocycles. The lowest BCUT2D eigenvalue weighted by Gasteiger charge is -2.21. The van der Waals surface area contributed by atoms with Crippen molar-refractivity contribution in [3.8, 4) is 0 Å². The molecule has 2 N–H and O–H groups in total. The van der Waals surface area contributed by atoms with E-state index in [0.29, 0.717) is 12.6 Å². The summed E-state index contributed by atoms with van der Waals surface area (Å²) in [7, 11) is 3.31. The van der Waals surface area contributed by atoms with Gasteiger partial charge in [-0.15, -0.1) is 0 Å². The van der Waals surface area contributed by atoms with Gasteiger partial charge in [0, 0.05) is 19.6 Å². The first-order valence-corrected chi connectivity index (χ1v) is 7.41. The Labute approximate surface area is 126 Å². The predicted octanol–water partition coefficient (Wildman–Crippen LogP) is -0.819. The molecule has 0 aromatic heterocycles. The molecular formula is C14H26N4O3. The van der Waals surface area contributed by atoms with Crippen LogP contribution in [0.3, 0.4) is 0 Å². The molecule has 0 heterocycles. The number of nitrogens with one attached hydrogen (secondary N) is 2. The number of nitrogens with zero attached hydrogens (tertiary/aromatic N) is 2. The number of hydrogen-bond acceptors (Lipinski definition) is 4. The lowest BCUT2D eigenvalue weighted by Crippen LogP contribution is -2.44. The summed E-state index contributed by atoms with van der Waals surface area (Å²) >= 11 is 0. The molecule has 1 fully saturated rings. The fourth-order valence-corrected chi connectivity index (χ4v) is 1.78. The zero-order valence-corrected chi connectivity index (χ0v) is 13.1. The van der Waals surface area contributed by atoms with Crippen molar-refractivity contribution in [2.75, 3.05) is 40.3 Å². The van der Waals surface area contributed by atoms with Crippen LogP contribution in [-0.4, -0.2) is 73.8 Å². The van der Waals surface area contributed by atoms with Gasteiger partial charge in [0.25, 0.3) is 0 Å². The number of carbonyl (C=O) groups is 3. The van der Waals surface area contributed by atoms with E-state index in [0.717, 1.165) is 19.3 Å². The van der Waals surface area contributed by atoms with E-state index in [1.165, 1.54) is 4.90 Å². The van der Waals surface area contributed by atoms with Gasteiger partial charge in [-0.25, -0.2) is 0 Å². The van der Waals surface area contributed by atoms with Crippen LogP contribution in [0.25, 0.3) is 0 Å². The SMILES string of the molecule is CCCNC(=O)CN(C)C(=O)CN(C)CC(=O)NC1CC1. The average molecular weight is 298 g/mol. The van der Waals surface area contributed by atoms with E-state index >= 15 is 0 Å². The smallest absolute Gasteiger partial charge is 0.239 e. The normalized spacial score (nSPS) is 13.9. The van der Waals surface area contributed by atoms with E-state index in [4.69, 9.17) is 0 Å². The van der Waals surface area contributed by atoms with Crippen molar-refractivity contribution in [2.45, 2.75) is 32.2 Å². The largest absolute Gasteiger partial charge is 0.355 e. The van der Waals surface area contributed by atoms with Crippen LogP contribution in [0, 0.1) is 0 Å². The Morgan fingerprint density at radius 1 is 1.05 bits per heavy atom. The molecule has 0 unspecified atom stereocenters. The summed E-state index contributed by atoms with van der Waals surface area (Å²) in [4.78, 5) is 38.1. The minimum atomic E-state index is -0.177. The Balaban J connectivity index is 2.23. The third-order valence-electron chi connectivity index (χ3n) is 3.14. The summed E-state index contributed by atoms with van der Waals surface area (Å²) in [6.07, 6.45) is 2.95. The second-order valence-corrected chi connectivity index (χ2v) is 5.61. The number of hydrogen-bond donors (Lipinski definition) is 2. The average Bonchev–Trinajstić information content (AvgIpc) is 3.19. The standard InChI is InChI=1S/C14H26N4O3/c1-4-7-15-12(19)9-18(3)14(21)10-17(2)8-13(20)16-11-5-6-11/h11H,4-10H2,1-3H3,(H,15,19)(H,16,20). The van der Waals surface area contributed by atoms with Gasteiger partial charge in [0.15, 0.2) is 0 Å². The van der Waals surface area contributed by atoms with Gasteiger partial charge in [0.2, 0.25) is 17.7 Å². The number of carbonyl (C=O) groups excluding carboxylic acids is 3. The molecule has 0 radical (unpaired) electrons. The van der Waals surface area contributed by atoms with Crippen LogP contribution in [-0.2, 0) is 14.4 Å². The topological polar surface area (TPSA) is 81.8 Å². The van der Waals surface area contributed by atoms with Crippen LogP contribution in [0.5, 0.6) is 0 Å². The van der Waals surface area contributed by atoms with Gasteiger partial charge in [0.05, 0.1) is 19.6 Å². The van der Waals surface area contributed by atoms with E-state index in [-0.39, 0.29) is 37.4 Å². The number of likely N-dealkylation sites (N-methyl/N-ethyl adjacent to an activating group) is 2. The fraction of sp³-hybridized carbons (Fsp3) is 0.786. The van der Waals surface area contributed by atoms with Crippen molar-refractivity contribution in [2.24, 2.45) is 0 Å². The van der Waals surface area contributed by atoms with Crippen molar-refractivity contribution in [1.82, 2.24) is 20.4 Å². The minimum absolute atomic E-state index is 0.0426. The molecule has 0 bridgehead atoms. The Hall–Kier alpha value is -1.63. The molecule has 120 valence electrons. The third-order valence-corrected chi connectivity index (χ3v) is 3.14. The molecule has 1 saturated carbocycles. The summed E-state index contributed by atoms with van der Waals surface area (Å²) in [6.45, 7) is 2.94. The third kappa shape index (κ3) is 7.65. The highest BCUT2D eigenvalue weighted by molar-refractivity contribution is 5.86. The Morgan fingerprint density at radius 3 is 2.29 bits per heavy atom. The molecule has 0 aromatic carbocycles.